The van der Waals surface area contributed by atoms with Crippen LogP contribution in [-0.4, -0.2) is 23.2 Å². The molecule has 1 aliphatic rings. The van der Waals surface area contributed by atoms with Gasteiger partial charge in [0.2, 0.25) is 0 Å². The molecule has 0 bridgehead atoms. The molecule has 2 aromatic carbocycles. The molecule has 0 aliphatic carbocycles. The first-order chi connectivity index (χ1) is 11.2. The van der Waals surface area contributed by atoms with Crippen LogP contribution in [-0.2, 0) is 6.42 Å². The lowest BCUT2D eigenvalue weighted by Crippen LogP contribution is -2.34. The van der Waals surface area contributed by atoms with Gasteiger partial charge in [0, 0.05) is 23.0 Å². The largest absolute Gasteiger partial charge is 0.323 e. The van der Waals surface area contributed by atoms with Crippen LogP contribution in [0, 0.1) is 0 Å². The molecule has 2 aromatic rings. The molecule has 1 aliphatic heterocycles. The summed E-state index contributed by atoms with van der Waals surface area (Å²) in [6, 6.07) is 15.7. The Morgan fingerprint density at radius 2 is 2.09 bits per heavy atom. The summed E-state index contributed by atoms with van der Waals surface area (Å²) in [6.07, 6.45) is 0.994. The number of rotatable bonds is 3. The van der Waals surface area contributed by atoms with Gasteiger partial charge in [-0.05, 0) is 41.8 Å². The number of urea groups is 1. The Balaban J connectivity index is 1.72. The quantitative estimate of drug-likeness (QED) is 0.830. The number of anilines is 1. The molecule has 1 fully saturated rings. The molecule has 1 saturated heterocycles. The number of halogens is 1. The molecule has 0 spiro atoms. The van der Waals surface area contributed by atoms with Crippen LogP contribution in [0.2, 0.25) is 5.02 Å². The standard InChI is InChI=1S/C18H19ClN2OS/c1-2-13-6-8-16(9-7-13)20-18(22)21-10-11-23-17(21)14-4-3-5-15(19)12-14/h3-9,12,17H,2,10-11H2,1H3,(H,20,22)/t17-/m0/s1. The fraction of sp³-hybridized carbons (Fsp3) is 0.278. The van der Waals surface area contributed by atoms with Crippen LogP contribution >= 0.6 is 23.4 Å². The third-order valence-corrected chi connectivity index (χ3v) is 5.39. The molecule has 0 saturated carbocycles. The minimum Gasteiger partial charge on any atom is -0.308 e. The molecule has 120 valence electrons. The van der Waals surface area contributed by atoms with Gasteiger partial charge in [-0.3, -0.25) is 0 Å². The number of amides is 2. The van der Waals surface area contributed by atoms with Crippen LogP contribution in [0.15, 0.2) is 48.5 Å². The monoisotopic (exact) mass is 346 g/mol. The smallest absolute Gasteiger partial charge is 0.308 e. The number of nitrogens with zero attached hydrogens (tertiary/aromatic N) is 1. The molecule has 1 atom stereocenters. The maximum atomic E-state index is 12.6. The number of thioether (sulfide) groups is 1. The maximum absolute atomic E-state index is 12.6. The average molecular weight is 347 g/mol. The fourth-order valence-corrected chi connectivity index (χ4v) is 4.08. The van der Waals surface area contributed by atoms with Gasteiger partial charge < -0.3 is 10.2 Å². The Labute approximate surface area is 146 Å². The zero-order valence-electron chi connectivity index (χ0n) is 13.0. The van der Waals surface area contributed by atoms with Gasteiger partial charge in [0.1, 0.15) is 5.37 Å². The van der Waals surface area contributed by atoms with Crippen molar-refractivity contribution in [1.82, 2.24) is 4.90 Å². The molecule has 1 heterocycles. The molecule has 0 aromatic heterocycles. The Morgan fingerprint density at radius 1 is 1.30 bits per heavy atom. The third-order valence-electron chi connectivity index (χ3n) is 3.90. The van der Waals surface area contributed by atoms with E-state index in [2.05, 4.69) is 12.2 Å². The number of hydrogen-bond donors (Lipinski definition) is 1. The molecule has 1 N–H and O–H groups in total. The van der Waals surface area contributed by atoms with Gasteiger partial charge in [-0.1, -0.05) is 42.8 Å². The van der Waals surface area contributed by atoms with Crippen molar-refractivity contribution in [1.29, 1.82) is 0 Å². The minimum atomic E-state index is -0.0655. The molecular weight excluding hydrogens is 328 g/mol. The van der Waals surface area contributed by atoms with Crippen LogP contribution in [0.25, 0.3) is 0 Å². The van der Waals surface area contributed by atoms with Crippen molar-refractivity contribution in [2.45, 2.75) is 18.7 Å². The van der Waals surface area contributed by atoms with Gasteiger partial charge in [0.05, 0.1) is 0 Å². The van der Waals surface area contributed by atoms with E-state index in [1.54, 1.807) is 11.8 Å². The highest BCUT2D eigenvalue weighted by molar-refractivity contribution is 7.99. The van der Waals surface area contributed by atoms with E-state index >= 15 is 0 Å². The summed E-state index contributed by atoms with van der Waals surface area (Å²) >= 11 is 7.84. The molecule has 0 radical (unpaired) electrons. The fourth-order valence-electron chi connectivity index (χ4n) is 2.63. The van der Waals surface area contributed by atoms with Crippen LogP contribution in [0.4, 0.5) is 10.5 Å². The maximum Gasteiger partial charge on any atom is 0.323 e. The molecule has 23 heavy (non-hydrogen) atoms. The van der Waals surface area contributed by atoms with Crippen molar-refractivity contribution in [3.8, 4) is 0 Å². The lowest BCUT2D eigenvalue weighted by Gasteiger charge is -2.24. The summed E-state index contributed by atoms with van der Waals surface area (Å²) < 4.78 is 0. The molecular formula is C18H19ClN2OS. The predicted molar refractivity (Wildman–Crippen MR) is 98.2 cm³/mol. The SMILES string of the molecule is CCc1ccc(NC(=O)N2CCS[C@H]2c2cccc(Cl)c2)cc1. The van der Waals surface area contributed by atoms with Crippen molar-refractivity contribution < 1.29 is 4.79 Å². The topological polar surface area (TPSA) is 32.3 Å². The highest BCUT2D eigenvalue weighted by Gasteiger charge is 2.30. The summed E-state index contributed by atoms with van der Waals surface area (Å²) in [4.78, 5) is 14.5. The average Bonchev–Trinajstić information content (AvgIpc) is 3.05. The summed E-state index contributed by atoms with van der Waals surface area (Å²) in [5.41, 5.74) is 3.15. The predicted octanol–water partition coefficient (Wildman–Crippen LogP) is 5.18. The molecule has 5 heteroatoms. The minimum absolute atomic E-state index is 0.0172. The van der Waals surface area contributed by atoms with Crippen LogP contribution in [0.3, 0.4) is 0 Å². The zero-order chi connectivity index (χ0) is 16.2. The van der Waals surface area contributed by atoms with Crippen molar-refractivity contribution in [3.63, 3.8) is 0 Å². The second kappa shape index (κ2) is 7.28. The van der Waals surface area contributed by atoms with E-state index in [9.17, 15) is 4.79 Å². The van der Waals surface area contributed by atoms with Gasteiger partial charge in [-0.25, -0.2) is 4.79 Å². The first-order valence-electron chi connectivity index (χ1n) is 7.71. The second-order valence-electron chi connectivity index (χ2n) is 5.45. The van der Waals surface area contributed by atoms with E-state index in [1.807, 2.05) is 53.4 Å². The first-order valence-corrected chi connectivity index (χ1v) is 9.13. The van der Waals surface area contributed by atoms with E-state index in [-0.39, 0.29) is 11.4 Å². The highest BCUT2D eigenvalue weighted by Crippen LogP contribution is 2.38. The number of carbonyl (C=O) groups is 1. The van der Waals surface area contributed by atoms with Gasteiger partial charge in [0.15, 0.2) is 0 Å². The highest BCUT2D eigenvalue weighted by atomic mass is 35.5. The van der Waals surface area contributed by atoms with E-state index in [1.165, 1.54) is 5.56 Å². The summed E-state index contributed by atoms with van der Waals surface area (Å²) in [5, 5.41) is 3.71. The van der Waals surface area contributed by atoms with Crippen molar-refractivity contribution in [3.05, 3.63) is 64.7 Å². The number of aryl methyl sites for hydroxylation is 1. The molecule has 2 amide bonds. The first kappa shape index (κ1) is 16.2. The second-order valence-corrected chi connectivity index (χ2v) is 7.08. The molecule has 3 rings (SSSR count). The van der Waals surface area contributed by atoms with E-state index in [0.29, 0.717) is 5.02 Å². The van der Waals surface area contributed by atoms with E-state index < -0.39 is 0 Å². The number of benzene rings is 2. The number of nitrogens with one attached hydrogen (secondary N) is 1. The Morgan fingerprint density at radius 3 is 2.78 bits per heavy atom. The van der Waals surface area contributed by atoms with Gasteiger partial charge in [0.25, 0.3) is 0 Å². The Kier molecular flexibility index (Phi) is 5.13. The third kappa shape index (κ3) is 3.82. The molecule has 0 unspecified atom stereocenters. The van der Waals surface area contributed by atoms with Gasteiger partial charge in [-0.2, -0.15) is 0 Å². The summed E-state index contributed by atoms with van der Waals surface area (Å²) in [6.45, 7) is 2.85. The summed E-state index contributed by atoms with van der Waals surface area (Å²) in [7, 11) is 0. The number of hydrogen-bond acceptors (Lipinski definition) is 2. The Hall–Kier alpha value is -1.65. The summed E-state index contributed by atoms with van der Waals surface area (Å²) in [5.74, 6) is 0.930. The lowest BCUT2D eigenvalue weighted by molar-refractivity contribution is 0.214. The molecule has 3 nitrogen and oxygen atoms in total. The van der Waals surface area contributed by atoms with Crippen molar-refractivity contribution in [2.24, 2.45) is 0 Å². The Bertz CT molecular complexity index is 690. The van der Waals surface area contributed by atoms with E-state index in [4.69, 9.17) is 11.6 Å². The van der Waals surface area contributed by atoms with Gasteiger partial charge in [-0.15, -0.1) is 11.8 Å². The van der Waals surface area contributed by atoms with Crippen molar-refractivity contribution in [2.75, 3.05) is 17.6 Å². The van der Waals surface area contributed by atoms with Crippen molar-refractivity contribution >= 4 is 35.1 Å². The van der Waals surface area contributed by atoms with Crippen LogP contribution in [0.5, 0.6) is 0 Å². The normalized spacial score (nSPS) is 17.3. The lowest BCUT2D eigenvalue weighted by atomic mass is 10.1. The van der Waals surface area contributed by atoms with Crippen LogP contribution < -0.4 is 5.32 Å². The van der Waals surface area contributed by atoms with Gasteiger partial charge >= 0.3 is 6.03 Å². The zero-order valence-corrected chi connectivity index (χ0v) is 14.5. The number of carbonyl (C=O) groups excluding carboxylic acids is 1. The van der Waals surface area contributed by atoms with Crippen LogP contribution in [0.1, 0.15) is 23.4 Å². The van der Waals surface area contributed by atoms with E-state index in [0.717, 1.165) is 30.0 Å².